The molecule has 0 bridgehead atoms. The van der Waals surface area contributed by atoms with Crippen LogP contribution in [0.1, 0.15) is 52.7 Å². The van der Waals surface area contributed by atoms with Crippen LogP contribution in [-0.4, -0.2) is 163 Å². The number of hydrogen-bond donors (Lipinski definition) is 5. The number of rotatable bonds is 32. The number of aliphatic hydroxyl groups is 1. The van der Waals surface area contributed by atoms with Gasteiger partial charge >= 0.3 is 12.2 Å². The Hall–Kier alpha value is -5.25. The SMILES string of the molecule is COCCOCCOCCOCCOCCOCCOC(=O)NC(C(=O)NC(Cc1ccccc1)C(O)CN(Cc1ccc(-c2ccccn2)cc1)NC(=O)C(NC(=O)OC)C(C)(C)C)C(C)(C)C. The molecule has 3 aromatic rings. The van der Waals surface area contributed by atoms with Crippen molar-refractivity contribution >= 4 is 24.0 Å². The Labute approximate surface area is 407 Å². The maximum atomic E-state index is 14.2. The van der Waals surface area contributed by atoms with Crippen LogP contribution < -0.4 is 21.4 Å². The van der Waals surface area contributed by atoms with E-state index in [2.05, 4.69) is 26.4 Å². The van der Waals surface area contributed by atoms with E-state index in [1.54, 1.807) is 59.9 Å². The number of hydrogen-bond acceptors (Lipinski definition) is 15. The zero-order chi connectivity index (χ0) is 50.5. The van der Waals surface area contributed by atoms with Crippen molar-refractivity contribution in [2.24, 2.45) is 10.8 Å². The van der Waals surface area contributed by atoms with Crippen LogP contribution in [0.2, 0.25) is 0 Å². The lowest BCUT2D eigenvalue weighted by atomic mass is 9.85. The second kappa shape index (κ2) is 31.8. The van der Waals surface area contributed by atoms with Gasteiger partial charge < -0.3 is 59.0 Å². The summed E-state index contributed by atoms with van der Waals surface area (Å²) in [7, 11) is 2.84. The quantitative estimate of drug-likeness (QED) is 0.0434. The molecule has 0 spiro atoms. The molecule has 4 unspecified atom stereocenters. The Morgan fingerprint density at radius 2 is 1.10 bits per heavy atom. The average molecular weight is 969 g/mol. The van der Waals surface area contributed by atoms with E-state index in [1.807, 2.05) is 72.8 Å². The highest BCUT2D eigenvalue weighted by Gasteiger charge is 2.37. The van der Waals surface area contributed by atoms with Crippen LogP contribution in [0.25, 0.3) is 11.3 Å². The molecule has 0 radical (unpaired) electrons. The predicted octanol–water partition coefficient (Wildman–Crippen LogP) is 4.31. The number of methoxy groups -OCH3 is 2. The number of benzene rings is 2. The molecular formula is C50H76N6O13. The summed E-state index contributed by atoms with van der Waals surface area (Å²) in [6.07, 6.45) is -0.943. The number of aromatic nitrogens is 1. The van der Waals surface area contributed by atoms with Gasteiger partial charge in [-0.2, -0.15) is 0 Å². The number of aliphatic hydroxyl groups excluding tert-OH is 1. The second-order valence-corrected chi connectivity index (χ2v) is 18.2. The third kappa shape index (κ3) is 23.7. The molecule has 1 heterocycles. The van der Waals surface area contributed by atoms with Gasteiger partial charge in [-0.25, -0.2) is 14.6 Å². The number of nitrogens with one attached hydrogen (secondary N) is 4. The van der Waals surface area contributed by atoms with Gasteiger partial charge in [-0.15, -0.1) is 0 Å². The van der Waals surface area contributed by atoms with Gasteiger partial charge in [0.25, 0.3) is 5.91 Å². The maximum Gasteiger partial charge on any atom is 0.407 e. The number of carbonyl (C=O) groups is 4. The highest BCUT2D eigenvalue weighted by molar-refractivity contribution is 5.87. The number of carbonyl (C=O) groups excluding carboxylic acids is 4. The van der Waals surface area contributed by atoms with Crippen LogP contribution >= 0.6 is 0 Å². The zero-order valence-corrected chi connectivity index (χ0v) is 41.7. The van der Waals surface area contributed by atoms with Crippen molar-refractivity contribution in [2.75, 3.05) is 100 Å². The van der Waals surface area contributed by atoms with Crippen LogP contribution in [0.4, 0.5) is 9.59 Å². The smallest absolute Gasteiger partial charge is 0.407 e. The lowest BCUT2D eigenvalue weighted by molar-refractivity contribution is -0.132. The Morgan fingerprint density at radius 3 is 1.61 bits per heavy atom. The monoisotopic (exact) mass is 969 g/mol. The summed E-state index contributed by atoms with van der Waals surface area (Å²) in [5, 5.41) is 22.0. The summed E-state index contributed by atoms with van der Waals surface area (Å²) in [5.74, 6) is -1.10. The molecule has 0 aliphatic rings. The molecule has 0 aliphatic heterocycles. The van der Waals surface area contributed by atoms with E-state index in [0.717, 1.165) is 22.4 Å². The minimum absolute atomic E-state index is 0.0706. The van der Waals surface area contributed by atoms with Crippen LogP contribution in [0.3, 0.4) is 0 Å². The normalized spacial score (nSPS) is 13.5. The van der Waals surface area contributed by atoms with Crippen LogP contribution in [0, 0.1) is 10.8 Å². The van der Waals surface area contributed by atoms with E-state index in [9.17, 15) is 24.3 Å². The van der Waals surface area contributed by atoms with E-state index in [0.29, 0.717) is 59.5 Å². The second-order valence-electron chi connectivity index (χ2n) is 18.2. The lowest BCUT2D eigenvalue weighted by Crippen LogP contribution is -2.61. The van der Waals surface area contributed by atoms with Crippen molar-refractivity contribution < 1.29 is 62.2 Å². The number of pyridine rings is 1. The molecule has 1 aromatic heterocycles. The summed E-state index contributed by atoms with van der Waals surface area (Å²) in [6, 6.07) is 19.6. The molecule has 2 aromatic carbocycles. The molecule has 0 fully saturated rings. The minimum Gasteiger partial charge on any atom is -0.453 e. The van der Waals surface area contributed by atoms with Gasteiger partial charge in [0.15, 0.2) is 0 Å². The summed E-state index contributed by atoms with van der Waals surface area (Å²) in [5.41, 5.74) is 4.71. The topological polar surface area (TPSA) is 227 Å². The predicted molar refractivity (Wildman–Crippen MR) is 259 cm³/mol. The summed E-state index contributed by atoms with van der Waals surface area (Å²) >= 11 is 0. The van der Waals surface area contributed by atoms with Crippen LogP contribution in [0.15, 0.2) is 79.0 Å². The standard InChI is InChI=1S/C50H76N6O13/c1-49(2,3)43(54-48(61)69-33-32-68-31-30-67-29-28-66-27-26-65-25-24-64-23-22-62-7)45(58)52-41(34-37-14-10-9-11-15-37)42(57)36-56(55-46(59)44(50(4,5)6)53-47(60)63-8)35-38-17-19-39(20-18-38)40-16-12-13-21-51-40/h9-21,41-44,57H,22-36H2,1-8H3,(H,52,58)(H,53,60)(H,54,61)(H,55,59). The molecule has 4 amide bonds. The number of alkyl carbamates (subject to hydrolysis) is 2. The molecule has 19 heteroatoms. The lowest BCUT2D eigenvalue weighted by Gasteiger charge is -2.35. The maximum absolute atomic E-state index is 14.2. The fraction of sp³-hybridized carbons (Fsp3) is 0.580. The molecule has 3 rings (SSSR count). The van der Waals surface area contributed by atoms with E-state index in [1.165, 1.54) is 7.11 Å². The first-order valence-electron chi connectivity index (χ1n) is 23.2. The Balaban J connectivity index is 1.62. The van der Waals surface area contributed by atoms with E-state index in [4.69, 9.17) is 37.9 Å². The minimum atomic E-state index is -1.27. The summed E-state index contributed by atoms with van der Waals surface area (Å²) in [6.45, 7) is 15.2. The van der Waals surface area contributed by atoms with Crippen LogP contribution in [-0.2, 0) is 60.4 Å². The van der Waals surface area contributed by atoms with E-state index >= 15 is 0 Å². The van der Waals surface area contributed by atoms with Gasteiger partial charge in [0.2, 0.25) is 5.91 Å². The molecule has 0 saturated heterocycles. The molecule has 5 N–H and O–H groups in total. The molecule has 0 saturated carbocycles. The fourth-order valence-corrected chi connectivity index (χ4v) is 6.68. The zero-order valence-electron chi connectivity index (χ0n) is 41.7. The number of hydrazine groups is 1. The molecular weight excluding hydrogens is 893 g/mol. The van der Waals surface area contributed by atoms with Crippen molar-refractivity contribution in [3.63, 3.8) is 0 Å². The van der Waals surface area contributed by atoms with Gasteiger partial charge in [-0.05, 0) is 40.5 Å². The van der Waals surface area contributed by atoms with Crippen molar-refractivity contribution in [3.8, 4) is 11.3 Å². The molecule has 69 heavy (non-hydrogen) atoms. The van der Waals surface area contributed by atoms with Gasteiger partial charge in [0, 0.05) is 32.0 Å². The fourth-order valence-electron chi connectivity index (χ4n) is 6.68. The number of ether oxygens (including phenoxy) is 8. The third-order valence-electron chi connectivity index (χ3n) is 10.4. The van der Waals surface area contributed by atoms with Gasteiger partial charge in [0.05, 0.1) is 97.6 Å². The average Bonchev–Trinajstić information content (AvgIpc) is 3.31. The first-order chi connectivity index (χ1) is 33.0. The van der Waals surface area contributed by atoms with Crippen molar-refractivity contribution in [1.82, 2.24) is 31.4 Å². The summed E-state index contributed by atoms with van der Waals surface area (Å²) < 4.78 is 42.4. The largest absolute Gasteiger partial charge is 0.453 e. The molecule has 19 nitrogen and oxygen atoms in total. The van der Waals surface area contributed by atoms with E-state index < -0.39 is 59.1 Å². The molecule has 384 valence electrons. The first kappa shape index (κ1) is 58.1. The highest BCUT2D eigenvalue weighted by Crippen LogP contribution is 2.23. The van der Waals surface area contributed by atoms with E-state index in [-0.39, 0.29) is 39.3 Å². The van der Waals surface area contributed by atoms with Crippen molar-refractivity contribution in [3.05, 3.63) is 90.1 Å². The van der Waals surface area contributed by atoms with Gasteiger partial charge in [0.1, 0.15) is 18.7 Å². The van der Waals surface area contributed by atoms with Crippen LogP contribution in [0.5, 0.6) is 0 Å². The van der Waals surface area contributed by atoms with Gasteiger partial charge in [-0.3, -0.25) is 20.0 Å². The summed E-state index contributed by atoms with van der Waals surface area (Å²) in [4.78, 5) is 58.0. The Bertz CT molecular complexity index is 1900. The Morgan fingerprint density at radius 1 is 0.594 bits per heavy atom. The van der Waals surface area contributed by atoms with Crippen molar-refractivity contribution in [2.45, 2.75) is 78.7 Å². The Kier molecular flexibility index (Phi) is 26.8. The number of amides is 4. The van der Waals surface area contributed by atoms with Gasteiger partial charge in [-0.1, -0.05) is 102 Å². The molecule has 4 atom stereocenters. The third-order valence-corrected chi connectivity index (χ3v) is 10.4. The first-order valence-corrected chi connectivity index (χ1v) is 23.2. The highest BCUT2D eigenvalue weighted by atomic mass is 16.6. The number of nitrogens with zero attached hydrogens (tertiary/aromatic N) is 2. The molecule has 0 aliphatic carbocycles. The van der Waals surface area contributed by atoms with Crippen molar-refractivity contribution in [1.29, 1.82) is 0 Å².